The summed E-state index contributed by atoms with van der Waals surface area (Å²) in [7, 11) is 1.57. The van der Waals surface area contributed by atoms with Crippen LogP contribution in [-0.2, 0) is 9.59 Å². The Morgan fingerprint density at radius 2 is 1.65 bits per heavy atom. The first kappa shape index (κ1) is 38.5. The van der Waals surface area contributed by atoms with E-state index in [0.29, 0.717) is 41.1 Å². The van der Waals surface area contributed by atoms with Crippen LogP contribution < -0.4 is 19.5 Å². The van der Waals surface area contributed by atoms with Crippen LogP contribution >= 0.6 is 0 Å². The molecule has 57 heavy (non-hydrogen) atoms. The third kappa shape index (κ3) is 7.94. The topological polar surface area (TPSA) is 157 Å². The molecule has 2 aromatic carbocycles. The van der Waals surface area contributed by atoms with E-state index in [-0.39, 0.29) is 36.2 Å². The average molecular weight is 778 g/mol. The van der Waals surface area contributed by atoms with Gasteiger partial charge in [-0.15, -0.1) is 0 Å². The highest BCUT2D eigenvalue weighted by Gasteiger charge is 2.45. The van der Waals surface area contributed by atoms with E-state index in [1.54, 1.807) is 37.4 Å². The molecule has 14 nitrogen and oxygen atoms in total. The number of ether oxygens (including phenoxy) is 3. The molecule has 300 valence electrons. The highest BCUT2D eigenvalue weighted by Crippen LogP contribution is 2.37. The summed E-state index contributed by atoms with van der Waals surface area (Å²) in [6.07, 6.45) is 11.5. The van der Waals surface area contributed by atoms with E-state index in [0.717, 1.165) is 87.6 Å². The fraction of sp³-hybridized carbons (Fsp3) is 0.535. The SMILES string of the molecule is COc1cc(O[C@H]2CC[C@H](N3C=C(N4CCC(CN(C(C)C)C5CC(Oc6ccc7c(c6)C(=O)N([C@H]6CCC(=O)NC6=O)C7=O)C5)CC4)N=CC3)C2)ccc1C#N. The third-order valence-corrected chi connectivity index (χ3v) is 12.5. The Bertz CT molecular complexity index is 2010. The number of nitriles is 1. The summed E-state index contributed by atoms with van der Waals surface area (Å²) in [6, 6.07) is 12.7. The minimum Gasteiger partial charge on any atom is -0.495 e. The maximum Gasteiger partial charge on any atom is 0.262 e. The van der Waals surface area contributed by atoms with Gasteiger partial charge in [0, 0.05) is 81.9 Å². The van der Waals surface area contributed by atoms with E-state index in [2.05, 4.69) is 46.1 Å². The molecule has 0 unspecified atom stereocenters. The lowest BCUT2D eigenvalue weighted by molar-refractivity contribution is -0.136. The fourth-order valence-electron chi connectivity index (χ4n) is 9.28. The normalized spacial score (nSPS) is 26.4. The highest BCUT2D eigenvalue weighted by atomic mass is 16.5. The molecule has 4 heterocycles. The van der Waals surface area contributed by atoms with Crippen LogP contribution in [0.1, 0.15) is 97.9 Å². The van der Waals surface area contributed by atoms with Gasteiger partial charge in [0.05, 0.1) is 30.3 Å². The Kier molecular flexibility index (Phi) is 10.9. The van der Waals surface area contributed by atoms with Crippen LogP contribution in [0.15, 0.2) is 53.4 Å². The second-order valence-corrected chi connectivity index (χ2v) is 16.4. The van der Waals surface area contributed by atoms with E-state index < -0.39 is 29.7 Å². The number of amides is 4. The molecule has 14 heteroatoms. The summed E-state index contributed by atoms with van der Waals surface area (Å²) in [5, 5.41) is 11.5. The van der Waals surface area contributed by atoms with Crippen molar-refractivity contribution in [1.82, 2.24) is 24.9 Å². The van der Waals surface area contributed by atoms with Crippen LogP contribution in [0.2, 0.25) is 0 Å². The van der Waals surface area contributed by atoms with Crippen molar-refractivity contribution < 1.29 is 33.4 Å². The molecule has 1 N–H and O–H groups in total. The molecule has 3 atom stereocenters. The monoisotopic (exact) mass is 777 g/mol. The van der Waals surface area contributed by atoms with Gasteiger partial charge < -0.3 is 24.0 Å². The number of likely N-dealkylation sites (tertiary alicyclic amines) is 1. The van der Waals surface area contributed by atoms with Gasteiger partial charge in [0.25, 0.3) is 11.8 Å². The van der Waals surface area contributed by atoms with Gasteiger partial charge in [0.15, 0.2) is 0 Å². The molecule has 4 amide bonds. The Balaban J connectivity index is 0.797. The van der Waals surface area contributed by atoms with E-state index in [1.807, 2.05) is 12.3 Å². The van der Waals surface area contributed by atoms with Crippen molar-refractivity contribution in [1.29, 1.82) is 5.26 Å². The van der Waals surface area contributed by atoms with E-state index in [1.165, 1.54) is 0 Å². The van der Waals surface area contributed by atoms with Gasteiger partial charge in [-0.1, -0.05) is 0 Å². The highest BCUT2D eigenvalue weighted by molar-refractivity contribution is 6.23. The zero-order chi connectivity index (χ0) is 39.8. The first-order chi connectivity index (χ1) is 27.6. The minimum absolute atomic E-state index is 0.00910. The van der Waals surface area contributed by atoms with Crippen LogP contribution in [0.25, 0.3) is 0 Å². The summed E-state index contributed by atoms with van der Waals surface area (Å²) < 4.78 is 18.0. The van der Waals surface area contributed by atoms with Gasteiger partial charge in [-0.25, -0.2) is 4.99 Å². The van der Waals surface area contributed by atoms with Crippen molar-refractivity contribution in [2.45, 2.75) is 108 Å². The minimum atomic E-state index is -0.991. The fourth-order valence-corrected chi connectivity index (χ4v) is 9.28. The summed E-state index contributed by atoms with van der Waals surface area (Å²) >= 11 is 0. The van der Waals surface area contributed by atoms with E-state index >= 15 is 0 Å². The summed E-state index contributed by atoms with van der Waals surface area (Å²) in [5.74, 6) is 1.37. The smallest absolute Gasteiger partial charge is 0.262 e. The van der Waals surface area contributed by atoms with Gasteiger partial charge >= 0.3 is 0 Å². The van der Waals surface area contributed by atoms with Crippen molar-refractivity contribution in [2.75, 3.05) is 33.3 Å². The molecule has 0 radical (unpaired) electrons. The zero-order valence-corrected chi connectivity index (χ0v) is 32.9. The van der Waals surface area contributed by atoms with Crippen molar-refractivity contribution in [3.8, 4) is 23.3 Å². The molecule has 6 aliphatic rings. The Labute approximate surface area is 333 Å². The number of methoxy groups -OCH3 is 1. The first-order valence-electron chi connectivity index (χ1n) is 20.4. The molecule has 2 aromatic rings. The van der Waals surface area contributed by atoms with Gasteiger partial charge in [0.1, 0.15) is 47.4 Å². The number of piperidine rings is 2. The maximum atomic E-state index is 13.3. The Morgan fingerprint density at radius 3 is 2.39 bits per heavy atom. The molecule has 2 saturated heterocycles. The number of fused-ring (bicyclic) bond motifs is 1. The van der Waals surface area contributed by atoms with Crippen molar-refractivity contribution in [2.24, 2.45) is 10.9 Å². The lowest BCUT2D eigenvalue weighted by Gasteiger charge is -2.47. The second kappa shape index (κ2) is 16.2. The van der Waals surface area contributed by atoms with E-state index in [4.69, 9.17) is 19.2 Å². The first-order valence-corrected chi connectivity index (χ1v) is 20.4. The van der Waals surface area contributed by atoms with Gasteiger partial charge in [0.2, 0.25) is 11.8 Å². The van der Waals surface area contributed by atoms with Crippen molar-refractivity contribution in [3.05, 3.63) is 65.1 Å². The molecule has 0 bridgehead atoms. The average Bonchev–Trinajstić information content (AvgIpc) is 3.76. The molecular weight excluding hydrogens is 727 g/mol. The van der Waals surface area contributed by atoms with Crippen LogP contribution in [0.4, 0.5) is 0 Å². The second-order valence-electron chi connectivity index (χ2n) is 16.4. The predicted octanol–water partition coefficient (Wildman–Crippen LogP) is 4.49. The number of rotatable bonds is 12. The van der Waals surface area contributed by atoms with E-state index in [9.17, 15) is 24.4 Å². The molecule has 8 rings (SSSR count). The van der Waals surface area contributed by atoms with Crippen molar-refractivity contribution in [3.63, 3.8) is 0 Å². The van der Waals surface area contributed by atoms with Crippen molar-refractivity contribution >= 4 is 29.8 Å². The summed E-state index contributed by atoms with van der Waals surface area (Å²) in [6.45, 7) is 8.30. The number of carbonyl (C=O) groups is 4. The molecule has 2 aliphatic carbocycles. The number of carbonyl (C=O) groups excluding carboxylic acids is 4. The maximum absolute atomic E-state index is 13.3. The number of hydrogen-bond acceptors (Lipinski definition) is 12. The number of nitrogens with one attached hydrogen (secondary N) is 1. The Morgan fingerprint density at radius 1 is 0.912 bits per heavy atom. The lowest BCUT2D eigenvalue weighted by Crippen LogP contribution is -2.54. The molecule has 2 saturated carbocycles. The van der Waals surface area contributed by atoms with Crippen LogP contribution in [0.3, 0.4) is 0 Å². The molecule has 4 aliphatic heterocycles. The number of aliphatic imine (C=N–C) groups is 1. The molecule has 4 fully saturated rings. The summed E-state index contributed by atoms with van der Waals surface area (Å²) in [4.78, 5) is 63.7. The number of nitrogens with zero attached hydrogens (tertiary/aromatic N) is 6. The quantitative estimate of drug-likeness (QED) is 0.303. The standard InChI is InChI=1S/C43H51N7O7/c1-26(2)49(30-19-34(20-30)57-32-8-9-35-36(21-32)43(54)50(42(35)53)37-10-11-40(51)46-41(37)52)24-27-12-15-47(16-13-27)39-25-48(17-14-45-39)29-5-7-31(18-29)56-33-6-4-28(23-44)38(22-33)55-3/h4,6,8-9,14,21-22,25-27,29-31,34,37H,5,7,10-13,15-20,24H2,1-3H3,(H,46,51,52)/t29-,30?,31-,34?,37-/m0/s1. The van der Waals surface area contributed by atoms with Crippen LogP contribution in [-0.4, -0.2) is 119 Å². The third-order valence-electron chi connectivity index (χ3n) is 12.5. The van der Waals surface area contributed by atoms with Gasteiger partial charge in [-0.3, -0.25) is 34.3 Å². The number of hydrogen-bond donors (Lipinski definition) is 1. The van der Waals surface area contributed by atoms with Gasteiger partial charge in [-0.05, 0) is 82.2 Å². The lowest BCUT2D eigenvalue weighted by atomic mass is 9.85. The molecule has 0 aromatic heterocycles. The number of imide groups is 2. The van der Waals surface area contributed by atoms with Crippen LogP contribution in [0, 0.1) is 17.2 Å². The Hall–Kier alpha value is -5.42. The summed E-state index contributed by atoms with van der Waals surface area (Å²) in [5.41, 5.74) is 0.981. The molecular formula is C43H51N7O7. The number of benzene rings is 2. The predicted molar refractivity (Wildman–Crippen MR) is 210 cm³/mol. The largest absolute Gasteiger partial charge is 0.495 e. The molecule has 0 spiro atoms. The zero-order valence-electron chi connectivity index (χ0n) is 32.9. The van der Waals surface area contributed by atoms with Crippen LogP contribution in [0.5, 0.6) is 17.2 Å². The van der Waals surface area contributed by atoms with Gasteiger partial charge in [-0.2, -0.15) is 5.26 Å².